The molecule has 0 radical (unpaired) electrons. The zero-order valence-corrected chi connectivity index (χ0v) is 18.6. The highest BCUT2D eigenvalue weighted by molar-refractivity contribution is 6.30. The topological polar surface area (TPSA) is 47.9 Å². The van der Waals surface area contributed by atoms with E-state index in [4.69, 9.17) is 11.6 Å². The molecule has 0 atom stereocenters. The average Bonchev–Trinajstić information content (AvgIpc) is 2.78. The Bertz CT molecular complexity index is 823. The number of benzene rings is 2. The molecule has 3 rings (SSSR count). The van der Waals surface area contributed by atoms with E-state index in [0.29, 0.717) is 0 Å². The van der Waals surface area contributed by atoms with Crippen molar-refractivity contribution < 1.29 is 4.79 Å². The summed E-state index contributed by atoms with van der Waals surface area (Å²) in [6.45, 7) is 8.99. The Morgan fingerprint density at radius 3 is 2.33 bits per heavy atom. The molecule has 6 heteroatoms. The molecule has 0 aliphatic carbocycles. The molecule has 1 heterocycles. The van der Waals surface area contributed by atoms with Gasteiger partial charge >= 0.3 is 0 Å². The van der Waals surface area contributed by atoms with Gasteiger partial charge in [-0.3, -0.25) is 9.69 Å². The molecule has 2 aromatic carbocycles. The lowest BCUT2D eigenvalue weighted by Crippen LogP contribution is -2.39. The van der Waals surface area contributed by atoms with Gasteiger partial charge in [0.25, 0.3) is 0 Å². The van der Waals surface area contributed by atoms with E-state index in [1.807, 2.05) is 24.3 Å². The molecule has 0 bridgehead atoms. The predicted molar refractivity (Wildman–Crippen MR) is 125 cm³/mol. The molecule has 30 heavy (non-hydrogen) atoms. The average molecular weight is 427 g/mol. The minimum atomic E-state index is 0.0113. The third kappa shape index (κ3) is 6.31. The van der Waals surface area contributed by atoms with Gasteiger partial charge in [-0.1, -0.05) is 35.9 Å². The van der Waals surface area contributed by atoms with Crippen LogP contribution < -0.4 is 10.3 Å². The Morgan fingerprint density at radius 1 is 1.10 bits per heavy atom. The maximum absolute atomic E-state index is 12.4. The quantitative estimate of drug-likeness (QED) is 0.497. The van der Waals surface area contributed by atoms with Crippen molar-refractivity contribution in [1.29, 1.82) is 0 Å². The largest absolute Gasteiger partial charge is 0.372 e. The summed E-state index contributed by atoms with van der Waals surface area (Å²) in [5.41, 5.74) is 6.14. The molecule has 1 aliphatic heterocycles. The first kappa shape index (κ1) is 22.3. The first-order valence-corrected chi connectivity index (χ1v) is 11.1. The van der Waals surface area contributed by atoms with E-state index in [-0.39, 0.29) is 11.8 Å². The molecule has 1 N–H and O–H groups in total. The van der Waals surface area contributed by atoms with Gasteiger partial charge in [0, 0.05) is 36.3 Å². The van der Waals surface area contributed by atoms with Crippen LogP contribution in [0.15, 0.2) is 53.6 Å². The Balaban J connectivity index is 1.42. The fourth-order valence-electron chi connectivity index (χ4n) is 3.82. The molecular weight excluding hydrogens is 396 g/mol. The van der Waals surface area contributed by atoms with Crippen molar-refractivity contribution in [2.75, 3.05) is 31.1 Å². The fourth-order valence-corrected chi connectivity index (χ4v) is 3.95. The first-order valence-electron chi connectivity index (χ1n) is 10.7. The van der Waals surface area contributed by atoms with E-state index in [2.05, 4.69) is 58.4 Å². The number of carbonyl (C=O) groups is 1. The summed E-state index contributed by atoms with van der Waals surface area (Å²) < 4.78 is 0. The standard InChI is InChI=1S/C24H31ClN4O/c1-3-29(4-2)23-11-7-19(8-12-23)17-26-27-24(30)21-13-15-28(16-14-21)18-20-5-9-22(25)10-6-20/h5-12,17,21H,3-4,13-16,18H2,1-2H3,(H,27,30)/b26-17-. The molecule has 2 aromatic rings. The van der Waals surface area contributed by atoms with Crippen LogP contribution in [0, 0.1) is 5.92 Å². The van der Waals surface area contributed by atoms with Gasteiger partial charge in [0.1, 0.15) is 0 Å². The van der Waals surface area contributed by atoms with Gasteiger partial charge in [-0.2, -0.15) is 5.10 Å². The van der Waals surface area contributed by atoms with E-state index < -0.39 is 0 Å². The predicted octanol–water partition coefficient (Wildman–Crippen LogP) is 4.55. The third-order valence-electron chi connectivity index (χ3n) is 5.69. The number of hydrazone groups is 1. The van der Waals surface area contributed by atoms with E-state index in [9.17, 15) is 4.79 Å². The van der Waals surface area contributed by atoms with Gasteiger partial charge in [0.05, 0.1) is 6.21 Å². The number of anilines is 1. The normalized spacial score (nSPS) is 15.4. The summed E-state index contributed by atoms with van der Waals surface area (Å²) in [4.78, 5) is 17.1. The van der Waals surface area contributed by atoms with Crippen LogP contribution >= 0.6 is 11.6 Å². The number of hydrogen-bond donors (Lipinski definition) is 1. The number of piperidine rings is 1. The Morgan fingerprint density at radius 2 is 1.73 bits per heavy atom. The van der Waals surface area contributed by atoms with Crippen LogP contribution in [-0.2, 0) is 11.3 Å². The molecular formula is C24H31ClN4O. The number of nitrogens with one attached hydrogen (secondary N) is 1. The number of likely N-dealkylation sites (tertiary alicyclic amines) is 1. The second-order valence-corrected chi connectivity index (χ2v) is 8.11. The van der Waals surface area contributed by atoms with Gasteiger partial charge in [0.2, 0.25) is 5.91 Å². The summed E-state index contributed by atoms with van der Waals surface area (Å²) in [6, 6.07) is 16.2. The zero-order valence-electron chi connectivity index (χ0n) is 17.9. The lowest BCUT2D eigenvalue weighted by Gasteiger charge is -2.30. The first-order chi connectivity index (χ1) is 14.6. The summed E-state index contributed by atoms with van der Waals surface area (Å²) in [5.74, 6) is 0.0332. The van der Waals surface area contributed by atoms with Gasteiger partial charge in [-0.05, 0) is 75.2 Å². The maximum atomic E-state index is 12.4. The van der Waals surface area contributed by atoms with Crippen LogP contribution in [0.1, 0.15) is 37.8 Å². The van der Waals surface area contributed by atoms with Crippen molar-refractivity contribution in [2.45, 2.75) is 33.2 Å². The second kappa shape index (κ2) is 11.1. The van der Waals surface area contributed by atoms with Crippen LogP contribution in [0.4, 0.5) is 5.69 Å². The highest BCUT2D eigenvalue weighted by atomic mass is 35.5. The highest BCUT2D eigenvalue weighted by Crippen LogP contribution is 2.20. The third-order valence-corrected chi connectivity index (χ3v) is 5.94. The zero-order chi connectivity index (χ0) is 21.3. The van der Waals surface area contributed by atoms with E-state index in [1.165, 1.54) is 11.3 Å². The molecule has 5 nitrogen and oxygen atoms in total. The molecule has 0 aromatic heterocycles. The Labute approximate surface area is 184 Å². The number of amides is 1. The van der Waals surface area contributed by atoms with Crippen molar-refractivity contribution >= 4 is 29.4 Å². The van der Waals surface area contributed by atoms with Crippen molar-refractivity contribution in [3.05, 3.63) is 64.7 Å². The minimum absolute atomic E-state index is 0.0113. The van der Waals surface area contributed by atoms with Gasteiger partial charge < -0.3 is 4.90 Å². The van der Waals surface area contributed by atoms with Gasteiger partial charge in [-0.15, -0.1) is 0 Å². The molecule has 1 saturated heterocycles. The van der Waals surface area contributed by atoms with Crippen LogP contribution in [0.2, 0.25) is 5.02 Å². The van der Waals surface area contributed by atoms with Gasteiger partial charge in [-0.25, -0.2) is 5.43 Å². The minimum Gasteiger partial charge on any atom is -0.372 e. The smallest absolute Gasteiger partial charge is 0.243 e. The maximum Gasteiger partial charge on any atom is 0.243 e. The molecule has 1 amide bonds. The number of carbonyl (C=O) groups excluding carboxylic acids is 1. The molecule has 160 valence electrons. The van der Waals surface area contributed by atoms with E-state index in [1.54, 1.807) is 6.21 Å². The summed E-state index contributed by atoms with van der Waals surface area (Å²) in [6.07, 6.45) is 3.42. The van der Waals surface area contributed by atoms with Crippen LogP contribution in [-0.4, -0.2) is 43.2 Å². The lowest BCUT2D eigenvalue weighted by molar-refractivity contribution is -0.126. The number of nitrogens with zero attached hydrogens (tertiary/aromatic N) is 3. The second-order valence-electron chi connectivity index (χ2n) is 7.67. The van der Waals surface area contributed by atoms with Crippen molar-refractivity contribution in [2.24, 2.45) is 11.0 Å². The molecule has 0 spiro atoms. The monoisotopic (exact) mass is 426 g/mol. The molecule has 1 fully saturated rings. The molecule has 0 saturated carbocycles. The Hall–Kier alpha value is -2.37. The SMILES string of the molecule is CCN(CC)c1ccc(/C=N\NC(=O)C2CCN(Cc3ccc(Cl)cc3)CC2)cc1. The van der Waals surface area contributed by atoms with Gasteiger partial charge in [0.15, 0.2) is 0 Å². The summed E-state index contributed by atoms with van der Waals surface area (Å²) >= 11 is 5.95. The lowest BCUT2D eigenvalue weighted by atomic mass is 9.96. The van der Waals surface area contributed by atoms with Crippen LogP contribution in [0.5, 0.6) is 0 Å². The number of rotatable bonds is 8. The summed E-state index contributed by atoms with van der Waals surface area (Å²) in [7, 11) is 0. The highest BCUT2D eigenvalue weighted by Gasteiger charge is 2.24. The molecule has 1 aliphatic rings. The summed E-state index contributed by atoms with van der Waals surface area (Å²) in [5, 5.41) is 4.92. The number of halogens is 1. The number of hydrogen-bond acceptors (Lipinski definition) is 4. The van der Waals surface area contributed by atoms with E-state index >= 15 is 0 Å². The van der Waals surface area contributed by atoms with Crippen molar-refractivity contribution in [1.82, 2.24) is 10.3 Å². The molecule has 0 unspecified atom stereocenters. The van der Waals surface area contributed by atoms with Crippen LogP contribution in [0.3, 0.4) is 0 Å². The van der Waals surface area contributed by atoms with Crippen molar-refractivity contribution in [3.8, 4) is 0 Å². The van der Waals surface area contributed by atoms with E-state index in [0.717, 1.165) is 56.2 Å². The fraction of sp³-hybridized carbons (Fsp3) is 0.417. The van der Waals surface area contributed by atoms with Crippen LogP contribution in [0.25, 0.3) is 0 Å². The Kier molecular flexibility index (Phi) is 8.29. The van der Waals surface area contributed by atoms with Crippen molar-refractivity contribution in [3.63, 3.8) is 0 Å².